The molecule has 1 saturated heterocycles. The number of aromatic nitrogens is 2. The Morgan fingerprint density at radius 1 is 1.25 bits per heavy atom. The van der Waals surface area contributed by atoms with Gasteiger partial charge in [-0.25, -0.2) is 9.78 Å². The Labute approximate surface area is 144 Å². The molecule has 6 nitrogen and oxygen atoms in total. The molecule has 1 amide bonds. The zero-order valence-electron chi connectivity index (χ0n) is 15.1. The van der Waals surface area contributed by atoms with Gasteiger partial charge in [0, 0.05) is 43.6 Å². The summed E-state index contributed by atoms with van der Waals surface area (Å²) in [5.74, 6) is 0. The fraction of sp³-hybridized carbons (Fsp3) is 0.778. The van der Waals surface area contributed by atoms with Crippen molar-refractivity contribution >= 4 is 6.09 Å². The minimum absolute atomic E-state index is 0.188. The normalized spacial score (nSPS) is 28.1. The van der Waals surface area contributed by atoms with Crippen LogP contribution < -0.4 is 5.32 Å². The first-order valence-corrected chi connectivity index (χ1v) is 9.14. The molecule has 3 unspecified atom stereocenters. The van der Waals surface area contributed by atoms with Crippen molar-refractivity contribution in [2.24, 2.45) is 0 Å². The molecule has 0 spiro atoms. The van der Waals surface area contributed by atoms with E-state index in [1.54, 1.807) is 0 Å². The average Bonchev–Trinajstić information content (AvgIpc) is 3.16. The third kappa shape index (κ3) is 4.29. The predicted molar refractivity (Wildman–Crippen MR) is 92.9 cm³/mol. The molecule has 0 radical (unpaired) electrons. The largest absolute Gasteiger partial charge is 0.444 e. The van der Waals surface area contributed by atoms with Gasteiger partial charge in [0.1, 0.15) is 5.60 Å². The Hall–Kier alpha value is -1.56. The summed E-state index contributed by atoms with van der Waals surface area (Å²) in [7, 11) is 0. The van der Waals surface area contributed by atoms with Gasteiger partial charge < -0.3 is 19.5 Å². The van der Waals surface area contributed by atoms with Crippen LogP contribution in [0.4, 0.5) is 4.79 Å². The quantitative estimate of drug-likeness (QED) is 0.923. The minimum Gasteiger partial charge on any atom is -0.444 e. The van der Waals surface area contributed by atoms with Crippen LogP contribution in [0.5, 0.6) is 0 Å². The third-order valence-corrected chi connectivity index (χ3v) is 4.91. The van der Waals surface area contributed by atoms with Crippen molar-refractivity contribution in [3.8, 4) is 0 Å². The van der Waals surface area contributed by atoms with E-state index >= 15 is 0 Å². The molecule has 1 aromatic heterocycles. The number of nitrogens with zero attached hydrogens (tertiary/aromatic N) is 3. The fourth-order valence-corrected chi connectivity index (χ4v) is 3.87. The maximum Gasteiger partial charge on any atom is 0.410 e. The molecule has 1 N–H and O–H groups in total. The highest BCUT2D eigenvalue weighted by Gasteiger charge is 2.33. The molecular weight excluding hydrogens is 304 g/mol. The maximum absolute atomic E-state index is 12.3. The summed E-state index contributed by atoms with van der Waals surface area (Å²) >= 11 is 0. The van der Waals surface area contributed by atoms with Gasteiger partial charge >= 0.3 is 6.09 Å². The molecule has 2 aliphatic rings. The zero-order chi connectivity index (χ0) is 17.2. The lowest BCUT2D eigenvalue weighted by molar-refractivity contribution is 0.0181. The van der Waals surface area contributed by atoms with Crippen molar-refractivity contribution in [1.82, 2.24) is 19.8 Å². The minimum atomic E-state index is -0.435. The molecule has 0 aromatic carbocycles. The van der Waals surface area contributed by atoms with Gasteiger partial charge in [-0.1, -0.05) is 0 Å². The molecule has 1 saturated carbocycles. The fourth-order valence-electron chi connectivity index (χ4n) is 3.87. The first-order chi connectivity index (χ1) is 11.4. The Bertz CT molecular complexity index is 538. The maximum atomic E-state index is 12.3. The van der Waals surface area contributed by atoms with Gasteiger partial charge in [-0.15, -0.1) is 0 Å². The summed E-state index contributed by atoms with van der Waals surface area (Å²) in [6.45, 7) is 7.28. The molecule has 2 heterocycles. The summed E-state index contributed by atoms with van der Waals surface area (Å²) in [5.41, 5.74) is -0.435. The number of hydrogen-bond acceptors (Lipinski definition) is 4. The number of ether oxygens (including phenoxy) is 1. The summed E-state index contributed by atoms with van der Waals surface area (Å²) in [6, 6.07) is 1.28. The lowest BCUT2D eigenvalue weighted by Gasteiger charge is -2.36. The molecule has 1 aromatic rings. The Balaban J connectivity index is 1.56. The number of nitrogens with one attached hydrogen (secondary N) is 1. The number of carbonyl (C=O) groups is 1. The summed E-state index contributed by atoms with van der Waals surface area (Å²) in [6.07, 6.45) is 11.4. The van der Waals surface area contributed by atoms with Crippen molar-refractivity contribution < 1.29 is 9.53 Å². The molecule has 0 bridgehead atoms. The Morgan fingerprint density at radius 2 is 2.08 bits per heavy atom. The van der Waals surface area contributed by atoms with E-state index in [4.69, 9.17) is 4.74 Å². The van der Waals surface area contributed by atoms with Crippen molar-refractivity contribution in [2.75, 3.05) is 13.1 Å². The number of piperidine rings is 1. The van der Waals surface area contributed by atoms with E-state index < -0.39 is 5.60 Å². The van der Waals surface area contributed by atoms with Crippen molar-refractivity contribution in [3.05, 3.63) is 18.7 Å². The van der Waals surface area contributed by atoms with Crippen LogP contribution in [0.25, 0.3) is 0 Å². The number of imidazole rings is 1. The summed E-state index contributed by atoms with van der Waals surface area (Å²) in [5, 5.41) is 3.81. The second kappa shape index (κ2) is 7.13. The highest BCUT2D eigenvalue weighted by atomic mass is 16.6. The Morgan fingerprint density at radius 3 is 2.79 bits per heavy atom. The molecule has 3 atom stereocenters. The number of amides is 1. The van der Waals surface area contributed by atoms with Crippen LogP contribution in [0.3, 0.4) is 0 Å². The van der Waals surface area contributed by atoms with Gasteiger partial charge in [-0.3, -0.25) is 0 Å². The highest BCUT2D eigenvalue weighted by molar-refractivity contribution is 5.68. The van der Waals surface area contributed by atoms with Gasteiger partial charge in [0.05, 0.1) is 6.33 Å². The van der Waals surface area contributed by atoms with Crippen LogP contribution in [-0.2, 0) is 4.74 Å². The van der Waals surface area contributed by atoms with Gasteiger partial charge in [-0.2, -0.15) is 0 Å². The van der Waals surface area contributed by atoms with Crippen LogP contribution in [0.2, 0.25) is 0 Å². The van der Waals surface area contributed by atoms with E-state index in [1.165, 1.54) is 19.3 Å². The Kier molecular flexibility index (Phi) is 5.13. The lowest BCUT2D eigenvalue weighted by atomic mass is 10.0. The zero-order valence-corrected chi connectivity index (χ0v) is 15.1. The molecule has 6 heteroatoms. The molecule has 24 heavy (non-hydrogen) atoms. The van der Waals surface area contributed by atoms with Gasteiger partial charge in [-0.05, 0) is 52.9 Å². The monoisotopic (exact) mass is 334 g/mol. The van der Waals surface area contributed by atoms with Crippen LogP contribution in [0.1, 0.15) is 58.9 Å². The lowest BCUT2D eigenvalue weighted by Crippen LogP contribution is -2.52. The third-order valence-electron chi connectivity index (χ3n) is 4.91. The number of rotatable bonds is 3. The first-order valence-electron chi connectivity index (χ1n) is 9.14. The molecular formula is C18H30N4O2. The predicted octanol–water partition coefficient (Wildman–Crippen LogP) is 2.97. The van der Waals surface area contributed by atoms with Gasteiger partial charge in [0.15, 0.2) is 0 Å². The molecule has 1 aliphatic carbocycles. The molecule has 2 fully saturated rings. The van der Waals surface area contributed by atoms with Crippen LogP contribution in [0, 0.1) is 0 Å². The molecule has 134 valence electrons. The van der Waals surface area contributed by atoms with E-state index in [2.05, 4.69) is 21.1 Å². The first kappa shape index (κ1) is 17.3. The van der Waals surface area contributed by atoms with Crippen LogP contribution in [0.15, 0.2) is 18.7 Å². The van der Waals surface area contributed by atoms with Gasteiger partial charge in [0.2, 0.25) is 0 Å². The smallest absolute Gasteiger partial charge is 0.410 e. The van der Waals surface area contributed by atoms with Crippen molar-refractivity contribution in [1.29, 1.82) is 0 Å². The highest BCUT2D eigenvalue weighted by Crippen LogP contribution is 2.31. The van der Waals surface area contributed by atoms with Crippen molar-refractivity contribution in [3.63, 3.8) is 0 Å². The second-order valence-electron chi connectivity index (χ2n) is 8.05. The van der Waals surface area contributed by atoms with E-state index in [0.717, 1.165) is 25.9 Å². The number of carbonyl (C=O) groups excluding carboxylic acids is 1. The summed E-state index contributed by atoms with van der Waals surface area (Å²) in [4.78, 5) is 18.3. The number of hydrogen-bond donors (Lipinski definition) is 1. The topological polar surface area (TPSA) is 59.4 Å². The number of likely N-dealkylation sites (tertiary alicyclic amines) is 1. The standard InChI is InChI=1S/C18H30N4O2/c1-18(2,3)24-17(23)21-10-5-6-14(12-21)20-15-7-4-8-16(15)22-11-9-19-13-22/h9,11,13-16,20H,4-8,10,12H2,1-3H3. The molecule has 3 rings (SSSR count). The van der Waals surface area contributed by atoms with E-state index in [0.29, 0.717) is 18.1 Å². The van der Waals surface area contributed by atoms with Crippen molar-refractivity contribution in [2.45, 2.75) is 76.6 Å². The average molecular weight is 334 g/mol. The second-order valence-corrected chi connectivity index (χ2v) is 8.05. The van der Waals surface area contributed by atoms with E-state index in [1.807, 2.05) is 38.2 Å². The van der Waals surface area contributed by atoms with Crippen LogP contribution >= 0.6 is 0 Å². The summed E-state index contributed by atoms with van der Waals surface area (Å²) < 4.78 is 7.74. The SMILES string of the molecule is CC(C)(C)OC(=O)N1CCCC(NC2CCCC2n2ccnc2)C1. The molecule has 1 aliphatic heterocycles. The van der Waals surface area contributed by atoms with Gasteiger partial charge in [0.25, 0.3) is 0 Å². The van der Waals surface area contributed by atoms with E-state index in [-0.39, 0.29) is 6.09 Å². The van der Waals surface area contributed by atoms with E-state index in [9.17, 15) is 4.79 Å². The van der Waals surface area contributed by atoms with Crippen LogP contribution in [-0.4, -0.2) is 51.3 Å².